The molecular weight excluding hydrogens is 453 g/mol. The lowest BCUT2D eigenvalue weighted by molar-refractivity contribution is 0.632. The van der Waals surface area contributed by atoms with Crippen LogP contribution in [0.3, 0.4) is 0 Å². The van der Waals surface area contributed by atoms with Gasteiger partial charge in [0.25, 0.3) is 0 Å². The molecule has 1 aliphatic rings. The third-order valence-electron chi connectivity index (χ3n) is 4.46. The van der Waals surface area contributed by atoms with E-state index in [0.717, 1.165) is 50.9 Å². The first-order chi connectivity index (χ1) is 12.8. The Kier molecular flexibility index (Phi) is 8.56. The number of benzene rings is 1. The van der Waals surface area contributed by atoms with Crippen molar-refractivity contribution in [1.29, 1.82) is 0 Å². The normalized spacial score (nSPS) is 13.6. The van der Waals surface area contributed by atoms with Crippen molar-refractivity contribution < 1.29 is 0 Å². The Bertz CT molecular complexity index is 744. The highest BCUT2D eigenvalue weighted by Crippen LogP contribution is 2.17. The number of nitrogens with zero attached hydrogens (tertiary/aromatic N) is 5. The molecule has 0 spiro atoms. The first-order valence-corrected chi connectivity index (χ1v) is 9.10. The molecule has 3 rings (SSSR count). The largest absolute Gasteiger partial charge is 0.364 e. The van der Waals surface area contributed by atoms with Crippen molar-refractivity contribution in [2.24, 2.45) is 4.99 Å². The summed E-state index contributed by atoms with van der Waals surface area (Å²) in [4.78, 5) is 6.62. The lowest BCUT2D eigenvalue weighted by Gasteiger charge is -2.18. The molecule has 2 aromatic rings. The van der Waals surface area contributed by atoms with Crippen LogP contribution in [0.2, 0.25) is 0 Å². The van der Waals surface area contributed by atoms with E-state index in [1.54, 1.807) is 13.4 Å². The van der Waals surface area contributed by atoms with Crippen LogP contribution in [-0.2, 0) is 19.5 Å². The zero-order chi connectivity index (χ0) is 18.2. The molecule has 0 saturated heterocycles. The third kappa shape index (κ3) is 5.95. The topological polar surface area (TPSA) is 70.4 Å². The summed E-state index contributed by atoms with van der Waals surface area (Å²) >= 11 is 0. The number of hydrogen-bond donors (Lipinski definition) is 2. The van der Waals surface area contributed by atoms with Crippen molar-refractivity contribution in [1.82, 2.24) is 25.4 Å². The fourth-order valence-electron chi connectivity index (χ4n) is 2.95. The third-order valence-corrected chi connectivity index (χ3v) is 4.46. The minimum absolute atomic E-state index is 0. The summed E-state index contributed by atoms with van der Waals surface area (Å²) in [5.41, 5.74) is 2.50. The van der Waals surface area contributed by atoms with Gasteiger partial charge < -0.3 is 20.1 Å². The van der Waals surface area contributed by atoms with Crippen LogP contribution in [0.5, 0.6) is 0 Å². The molecule has 1 aromatic carbocycles. The second-order valence-electron chi connectivity index (χ2n) is 6.19. The van der Waals surface area contributed by atoms with Crippen LogP contribution >= 0.6 is 24.0 Å². The van der Waals surface area contributed by atoms with Gasteiger partial charge in [-0.05, 0) is 17.7 Å². The van der Waals surface area contributed by atoms with Gasteiger partial charge in [-0.15, -0.1) is 34.2 Å². The predicted molar refractivity (Wildman–Crippen MR) is 121 cm³/mol. The Balaban J connectivity index is 0.00000261. The molecule has 8 heteroatoms. The van der Waals surface area contributed by atoms with Crippen molar-refractivity contribution in [3.05, 3.63) is 54.1 Å². The zero-order valence-corrected chi connectivity index (χ0v) is 18.3. The molecule has 0 aliphatic carbocycles. The lowest BCUT2D eigenvalue weighted by Crippen LogP contribution is -2.38. The minimum Gasteiger partial charge on any atom is -0.364 e. The van der Waals surface area contributed by atoms with E-state index in [-0.39, 0.29) is 24.0 Å². The molecule has 0 atom stereocenters. The molecule has 0 radical (unpaired) electrons. The highest BCUT2D eigenvalue weighted by Gasteiger charge is 2.07. The molecule has 0 unspecified atom stereocenters. The summed E-state index contributed by atoms with van der Waals surface area (Å²) in [6, 6.07) is 8.69. The second-order valence-corrected chi connectivity index (χ2v) is 6.19. The molecule has 2 N–H and O–H groups in total. The number of aliphatic imine (C=N–C) groups is 1. The number of guanidine groups is 1. The van der Waals surface area contributed by atoms with E-state index >= 15 is 0 Å². The number of halogens is 1. The summed E-state index contributed by atoms with van der Waals surface area (Å²) < 4.78 is 2.06. The zero-order valence-electron chi connectivity index (χ0n) is 15.9. The lowest BCUT2D eigenvalue weighted by atomic mass is 10.2. The summed E-state index contributed by atoms with van der Waals surface area (Å²) in [6.45, 7) is 6.41. The first-order valence-electron chi connectivity index (χ1n) is 9.10. The standard InChI is InChI=1S/C19H27N7.HI/c1-3-18-24-23-15-26(18)13-10-21-19(20-2)22-14-16-6-8-17(9-7-16)25-11-4-5-12-25;/h4-9,15H,3,10-14H2,1-2H3,(H2,20,21,22);1H. The van der Waals surface area contributed by atoms with Crippen LogP contribution in [-0.4, -0.2) is 47.4 Å². The Morgan fingerprint density at radius 2 is 1.89 bits per heavy atom. The molecule has 1 aliphatic heterocycles. The van der Waals surface area contributed by atoms with Crippen LogP contribution in [0.4, 0.5) is 5.69 Å². The maximum Gasteiger partial charge on any atom is 0.191 e. The first kappa shape index (κ1) is 21.2. The molecule has 0 fully saturated rings. The highest BCUT2D eigenvalue weighted by atomic mass is 127. The van der Waals surface area contributed by atoms with Gasteiger partial charge in [0.1, 0.15) is 12.2 Å². The predicted octanol–water partition coefficient (Wildman–Crippen LogP) is 2.20. The van der Waals surface area contributed by atoms with E-state index in [4.69, 9.17) is 0 Å². The summed E-state index contributed by atoms with van der Waals surface area (Å²) in [5, 5.41) is 14.7. The number of anilines is 1. The molecular formula is C19H28IN7. The summed E-state index contributed by atoms with van der Waals surface area (Å²) in [5.74, 6) is 1.80. The van der Waals surface area contributed by atoms with Crippen LogP contribution < -0.4 is 15.5 Å². The van der Waals surface area contributed by atoms with Gasteiger partial charge in [-0.2, -0.15) is 0 Å². The Hall–Kier alpha value is -2.10. The molecule has 0 amide bonds. The maximum absolute atomic E-state index is 4.28. The molecule has 7 nitrogen and oxygen atoms in total. The van der Waals surface area contributed by atoms with Crippen molar-refractivity contribution in [2.45, 2.75) is 26.4 Å². The monoisotopic (exact) mass is 481 g/mol. The molecule has 0 saturated carbocycles. The van der Waals surface area contributed by atoms with Crippen LogP contribution in [0, 0.1) is 0 Å². The van der Waals surface area contributed by atoms with Crippen molar-refractivity contribution in [2.75, 3.05) is 31.6 Å². The smallest absolute Gasteiger partial charge is 0.191 e. The quantitative estimate of drug-likeness (QED) is 0.275. The van der Waals surface area contributed by atoms with Crippen molar-refractivity contribution >= 4 is 35.6 Å². The van der Waals surface area contributed by atoms with E-state index in [9.17, 15) is 0 Å². The average Bonchev–Trinajstić information content (AvgIpc) is 3.36. The van der Waals surface area contributed by atoms with Gasteiger partial charge in [0.05, 0.1) is 0 Å². The maximum atomic E-state index is 4.28. The Morgan fingerprint density at radius 1 is 1.15 bits per heavy atom. The van der Waals surface area contributed by atoms with Gasteiger partial charge in [-0.25, -0.2) is 0 Å². The summed E-state index contributed by atoms with van der Waals surface area (Å²) in [7, 11) is 1.79. The van der Waals surface area contributed by atoms with Crippen molar-refractivity contribution in [3.8, 4) is 0 Å². The number of nitrogens with one attached hydrogen (secondary N) is 2. The number of rotatable bonds is 7. The molecule has 1 aromatic heterocycles. The van der Waals surface area contributed by atoms with E-state index < -0.39 is 0 Å². The molecule has 0 bridgehead atoms. The van der Waals surface area contributed by atoms with Crippen LogP contribution in [0.15, 0.2) is 47.7 Å². The highest BCUT2D eigenvalue weighted by molar-refractivity contribution is 14.0. The number of hydrogen-bond acceptors (Lipinski definition) is 4. The van der Waals surface area contributed by atoms with E-state index in [1.807, 2.05) is 0 Å². The fourth-order valence-corrected chi connectivity index (χ4v) is 2.95. The van der Waals surface area contributed by atoms with Gasteiger partial charge >= 0.3 is 0 Å². The number of aryl methyl sites for hydroxylation is 1. The summed E-state index contributed by atoms with van der Waals surface area (Å²) in [6.07, 6.45) is 7.06. The van der Waals surface area contributed by atoms with E-state index in [2.05, 4.69) is 78.6 Å². The van der Waals surface area contributed by atoms with E-state index in [0.29, 0.717) is 0 Å². The van der Waals surface area contributed by atoms with Gasteiger partial charge in [0.15, 0.2) is 5.96 Å². The minimum atomic E-state index is 0. The molecule has 27 heavy (non-hydrogen) atoms. The fraction of sp³-hybridized carbons (Fsp3) is 0.421. The van der Waals surface area contributed by atoms with Gasteiger partial charge in [0.2, 0.25) is 0 Å². The average molecular weight is 481 g/mol. The van der Waals surface area contributed by atoms with Crippen LogP contribution in [0.25, 0.3) is 0 Å². The second kappa shape index (κ2) is 10.9. The SMILES string of the molecule is CCc1nncn1CCNC(=NC)NCc1ccc(N2CC=CC2)cc1.I. The molecule has 2 heterocycles. The molecule has 146 valence electrons. The number of aromatic nitrogens is 3. The van der Waals surface area contributed by atoms with Gasteiger partial charge in [0, 0.05) is 51.9 Å². The van der Waals surface area contributed by atoms with Crippen molar-refractivity contribution in [3.63, 3.8) is 0 Å². The van der Waals surface area contributed by atoms with Gasteiger partial charge in [-0.3, -0.25) is 4.99 Å². The Morgan fingerprint density at radius 3 is 2.56 bits per heavy atom. The van der Waals surface area contributed by atoms with E-state index in [1.165, 1.54) is 11.3 Å². The van der Waals surface area contributed by atoms with Gasteiger partial charge in [-0.1, -0.05) is 31.2 Å². The van der Waals surface area contributed by atoms with Crippen LogP contribution in [0.1, 0.15) is 18.3 Å². The Labute approximate surface area is 178 Å².